The average Bonchev–Trinajstić information content (AvgIpc) is 3.93. The van der Waals surface area contributed by atoms with Crippen molar-refractivity contribution in [1.82, 2.24) is 14.5 Å². The van der Waals surface area contributed by atoms with Crippen LogP contribution in [-0.2, 0) is 0 Å². The molecule has 0 saturated carbocycles. The van der Waals surface area contributed by atoms with Gasteiger partial charge in [-0.05, 0) is 69.7 Å². The summed E-state index contributed by atoms with van der Waals surface area (Å²) in [6, 6.07) is 72.9. The molecule has 12 rings (SSSR count). The summed E-state index contributed by atoms with van der Waals surface area (Å²) >= 11 is 1.87. The first-order chi connectivity index (χ1) is 28.3. The highest BCUT2D eigenvalue weighted by Gasteiger charge is 2.51. The molecule has 8 aromatic carbocycles. The summed E-state index contributed by atoms with van der Waals surface area (Å²) in [6.07, 6.45) is 0. The van der Waals surface area contributed by atoms with Crippen LogP contribution in [-0.4, -0.2) is 22.6 Å². The van der Waals surface area contributed by atoms with Crippen LogP contribution in [0.3, 0.4) is 0 Å². The van der Waals surface area contributed by atoms with Crippen molar-refractivity contribution in [2.45, 2.75) is 0 Å². The Morgan fingerprint density at radius 1 is 0.439 bits per heavy atom. The van der Waals surface area contributed by atoms with Crippen LogP contribution in [0.5, 0.6) is 0 Å². The highest BCUT2D eigenvalue weighted by atomic mass is 32.1. The molecule has 1 aliphatic rings. The highest BCUT2D eigenvalue weighted by molar-refractivity contribution is 7.26. The minimum absolute atomic E-state index is 0.740. The third kappa shape index (κ3) is 4.64. The minimum Gasteiger partial charge on any atom is -0.309 e. The first kappa shape index (κ1) is 32.3. The van der Waals surface area contributed by atoms with Gasteiger partial charge in [0.15, 0.2) is 5.82 Å². The molecular weight excluding hydrogens is 727 g/mol. The molecule has 3 nitrogen and oxygen atoms in total. The van der Waals surface area contributed by atoms with Gasteiger partial charge in [-0.2, -0.15) is 0 Å². The highest BCUT2D eigenvalue weighted by Crippen LogP contribution is 2.43. The summed E-state index contributed by atoms with van der Waals surface area (Å²) < 4.78 is 5.05. The van der Waals surface area contributed by atoms with Gasteiger partial charge >= 0.3 is 0 Å². The van der Waals surface area contributed by atoms with E-state index in [0.717, 1.165) is 39.2 Å². The number of rotatable bonds is 5. The second kappa shape index (κ2) is 12.5. The first-order valence-electron chi connectivity index (χ1n) is 19.4. The van der Waals surface area contributed by atoms with Crippen LogP contribution < -0.4 is 20.9 Å². The molecule has 0 bridgehead atoms. The Morgan fingerprint density at radius 3 is 1.82 bits per heavy atom. The normalized spacial score (nSPS) is 13.1. The van der Waals surface area contributed by atoms with Gasteiger partial charge in [0.25, 0.3) is 0 Å². The lowest BCUT2D eigenvalue weighted by molar-refractivity contribution is 1.17. The van der Waals surface area contributed by atoms with Crippen LogP contribution in [0.25, 0.3) is 81.4 Å². The van der Waals surface area contributed by atoms with Crippen LogP contribution >= 0.6 is 11.3 Å². The molecule has 0 saturated heterocycles. The smallest absolute Gasteiger partial charge is 0.203 e. The van der Waals surface area contributed by atoms with Crippen molar-refractivity contribution in [1.29, 1.82) is 0 Å². The summed E-state index contributed by atoms with van der Waals surface area (Å²) in [4.78, 5) is 11.2. The summed E-state index contributed by atoms with van der Waals surface area (Å²) in [6.45, 7) is 0. The van der Waals surface area contributed by atoms with Crippen molar-refractivity contribution in [2.24, 2.45) is 0 Å². The molecule has 0 atom stereocenters. The van der Waals surface area contributed by atoms with E-state index >= 15 is 0 Å². The van der Waals surface area contributed by atoms with Gasteiger partial charge < -0.3 is 4.57 Å². The fraction of sp³-hybridized carbons (Fsp3) is 0. The number of thiophene rings is 1. The quantitative estimate of drug-likeness (QED) is 0.164. The molecule has 0 radical (unpaired) electrons. The van der Waals surface area contributed by atoms with Crippen molar-refractivity contribution in [2.75, 3.05) is 0 Å². The lowest BCUT2D eigenvalue weighted by atomic mass is 10.0. The monoisotopic (exact) mass is 759 g/mol. The number of benzene rings is 8. The second-order valence-electron chi connectivity index (χ2n) is 14.8. The Labute approximate surface area is 334 Å². The van der Waals surface area contributed by atoms with Crippen molar-refractivity contribution in [3.8, 4) is 39.5 Å². The number of aromatic nitrogens is 3. The summed E-state index contributed by atoms with van der Waals surface area (Å²) in [7, 11) is -2.86. The van der Waals surface area contributed by atoms with Crippen LogP contribution in [0.15, 0.2) is 200 Å². The summed E-state index contributed by atoms with van der Waals surface area (Å²) in [5.74, 6) is 0.740. The van der Waals surface area contributed by atoms with E-state index < -0.39 is 8.07 Å². The molecule has 0 amide bonds. The van der Waals surface area contributed by atoms with E-state index in [2.05, 4.69) is 205 Å². The zero-order valence-electron chi connectivity index (χ0n) is 30.8. The lowest BCUT2D eigenvalue weighted by Gasteiger charge is -2.30. The lowest BCUT2D eigenvalue weighted by Crippen LogP contribution is -2.73. The van der Waals surface area contributed by atoms with Crippen molar-refractivity contribution >= 4 is 82.3 Å². The Morgan fingerprint density at radius 2 is 1.07 bits per heavy atom. The molecule has 4 heterocycles. The Kier molecular flexibility index (Phi) is 7.12. The van der Waals surface area contributed by atoms with E-state index in [0.29, 0.717) is 0 Å². The van der Waals surface area contributed by atoms with Gasteiger partial charge in [-0.25, -0.2) is 9.97 Å². The molecular formula is C52H33N3SSi. The molecule has 0 spiro atoms. The van der Waals surface area contributed by atoms with Crippen LogP contribution in [0.2, 0.25) is 0 Å². The predicted molar refractivity (Wildman–Crippen MR) is 243 cm³/mol. The third-order valence-electron chi connectivity index (χ3n) is 11.9. The molecule has 5 heteroatoms. The maximum atomic E-state index is 5.73. The van der Waals surface area contributed by atoms with Crippen LogP contribution in [0.4, 0.5) is 0 Å². The third-order valence-corrected chi connectivity index (χ3v) is 17.7. The van der Waals surface area contributed by atoms with Crippen molar-refractivity contribution < 1.29 is 0 Å². The van der Waals surface area contributed by atoms with Crippen LogP contribution in [0, 0.1) is 0 Å². The minimum atomic E-state index is -2.86. The first-order valence-corrected chi connectivity index (χ1v) is 22.2. The molecule has 57 heavy (non-hydrogen) atoms. The molecule has 0 aliphatic carbocycles. The van der Waals surface area contributed by atoms with Gasteiger partial charge in [0.05, 0.1) is 22.0 Å². The SMILES string of the molecule is c1ccc(-c2nc(-c3ccc(-n4c5ccccc5c5c6c(ccc54)sc4ccccc46)cc3)nc3c2-c2ccccc2[Si]3(c2ccccc2)c2ccccc2)cc1. The van der Waals surface area contributed by atoms with E-state index in [1.54, 1.807) is 0 Å². The molecule has 0 unspecified atom stereocenters. The van der Waals surface area contributed by atoms with Gasteiger partial charge in [-0.3, -0.25) is 0 Å². The van der Waals surface area contributed by atoms with Gasteiger partial charge in [0.2, 0.25) is 8.07 Å². The Hall–Kier alpha value is -6.92. The van der Waals surface area contributed by atoms with E-state index in [1.807, 2.05) is 11.3 Å². The number of hydrogen-bond donors (Lipinski definition) is 0. The van der Waals surface area contributed by atoms with Crippen LogP contribution in [0.1, 0.15) is 0 Å². The van der Waals surface area contributed by atoms with E-state index in [-0.39, 0.29) is 0 Å². The largest absolute Gasteiger partial charge is 0.309 e. The van der Waals surface area contributed by atoms with Gasteiger partial charge in [-0.1, -0.05) is 152 Å². The number of fused-ring (bicyclic) bond motifs is 10. The predicted octanol–water partition coefficient (Wildman–Crippen LogP) is 10.6. The number of para-hydroxylation sites is 1. The summed E-state index contributed by atoms with van der Waals surface area (Å²) in [5.41, 5.74) is 8.95. The number of hydrogen-bond acceptors (Lipinski definition) is 3. The zero-order chi connectivity index (χ0) is 37.5. The number of nitrogens with zero attached hydrogens (tertiary/aromatic N) is 3. The molecule has 3 aromatic heterocycles. The fourth-order valence-electron chi connectivity index (χ4n) is 9.52. The summed E-state index contributed by atoms with van der Waals surface area (Å²) in [5, 5.41) is 10.4. The standard InChI is InChI=1S/C52H33N3SSi/c1-4-16-34(17-5-1)50-49-41-24-12-15-27-46(41)57(37-18-6-2-7-19-37,38-20-8-3-9-21-38)52(49)54-51(53-50)35-28-30-36(31-29-35)55-42-25-13-10-22-39(42)47-43(55)32-33-45-48(47)40-23-11-14-26-44(40)56-45/h1-33H. The molecule has 266 valence electrons. The van der Waals surface area contributed by atoms with Gasteiger partial charge in [0, 0.05) is 53.3 Å². The Bertz CT molecular complexity index is 3300. The van der Waals surface area contributed by atoms with E-state index in [4.69, 9.17) is 9.97 Å². The maximum absolute atomic E-state index is 5.73. The second-order valence-corrected chi connectivity index (χ2v) is 19.6. The maximum Gasteiger partial charge on any atom is 0.203 e. The van der Waals surface area contributed by atoms with Crippen molar-refractivity contribution in [3.05, 3.63) is 200 Å². The van der Waals surface area contributed by atoms with Gasteiger partial charge in [0.1, 0.15) is 0 Å². The van der Waals surface area contributed by atoms with E-state index in [1.165, 1.54) is 63.1 Å². The van der Waals surface area contributed by atoms with Gasteiger partial charge in [-0.15, -0.1) is 11.3 Å². The van der Waals surface area contributed by atoms with E-state index in [9.17, 15) is 0 Å². The average molecular weight is 760 g/mol. The van der Waals surface area contributed by atoms with Crippen molar-refractivity contribution in [3.63, 3.8) is 0 Å². The zero-order valence-corrected chi connectivity index (χ0v) is 32.6. The fourth-order valence-corrected chi connectivity index (χ4v) is 15.6. The Balaban J connectivity index is 1.10. The topological polar surface area (TPSA) is 30.7 Å². The molecule has 0 fully saturated rings. The molecule has 0 N–H and O–H groups in total. The molecule has 11 aromatic rings. The molecule has 1 aliphatic heterocycles.